The van der Waals surface area contributed by atoms with E-state index in [1.807, 2.05) is 0 Å². The average Bonchev–Trinajstić information content (AvgIpc) is 2.43. The number of hydrogen-bond donors (Lipinski definition) is 2. The van der Waals surface area contributed by atoms with Crippen LogP contribution in [0.3, 0.4) is 0 Å². The highest BCUT2D eigenvalue weighted by molar-refractivity contribution is 4.67. The molecular formula is C15H34NO2+. The highest BCUT2D eigenvalue weighted by Gasteiger charge is 2.33. The second-order valence-corrected chi connectivity index (χ2v) is 5.38. The number of quaternary nitrogens is 1. The Morgan fingerprint density at radius 3 is 1.83 bits per heavy atom. The van der Waals surface area contributed by atoms with Crippen molar-refractivity contribution in [3.05, 3.63) is 0 Å². The fourth-order valence-corrected chi connectivity index (χ4v) is 3.14. The summed E-state index contributed by atoms with van der Waals surface area (Å²) < 4.78 is 1.12. The summed E-state index contributed by atoms with van der Waals surface area (Å²) in [5, 5.41) is 18.5. The minimum Gasteiger partial charge on any atom is -0.396 e. The zero-order valence-electron chi connectivity index (χ0n) is 12.9. The van der Waals surface area contributed by atoms with Gasteiger partial charge in [0, 0.05) is 26.1 Å². The molecular weight excluding hydrogens is 226 g/mol. The van der Waals surface area contributed by atoms with Gasteiger partial charge in [0.2, 0.25) is 0 Å². The standard InChI is InChI=1S/C15H34NO2/c1-5-14(13-18)12-15(10-9-11-17)16(6-2,7-3)8-4/h14-15,17-18H,5-13H2,1-4H3/q+1. The molecule has 0 aromatic carbocycles. The van der Waals surface area contributed by atoms with Crippen LogP contribution in [0.15, 0.2) is 0 Å². The van der Waals surface area contributed by atoms with Crippen molar-refractivity contribution < 1.29 is 14.7 Å². The Hall–Kier alpha value is -0.120. The van der Waals surface area contributed by atoms with Crippen LogP contribution in [0.25, 0.3) is 0 Å². The van der Waals surface area contributed by atoms with E-state index >= 15 is 0 Å². The lowest BCUT2D eigenvalue weighted by atomic mass is 9.92. The molecule has 0 bridgehead atoms. The van der Waals surface area contributed by atoms with Crippen molar-refractivity contribution in [3.8, 4) is 0 Å². The van der Waals surface area contributed by atoms with Gasteiger partial charge >= 0.3 is 0 Å². The summed E-state index contributed by atoms with van der Waals surface area (Å²) in [5.41, 5.74) is 0. The molecule has 0 saturated carbocycles. The second kappa shape index (κ2) is 9.76. The molecule has 0 saturated heterocycles. The summed E-state index contributed by atoms with van der Waals surface area (Å²) in [6.07, 6.45) is 4.08. The van der Waals surface area contributed by atoms with Crippen LogP contribution in [0.2, 0.25) is 0 Å². The van der Waals surface area contributed by atoms with E-state index in [9.17, 15) is 5.11 Å². The van der Waals surface area contributed by atoms with Crippen LogP contribution in [-0.2, 0) is 0 Å². The molecule has 0 aliphatic carbocycles. The maximum absolute atomic E-state index is 9.43. The van der Waals surface area contributed by atoms with Crippen LogP contribution in [0.1, 0.15) is 53.4 Å². The zero-order chi connectivity index (χ0) is 14.0. The van der Waals surface area contributed by atoms with E-state index in [-0.39, 0.29) is 6.61 Å². The van der Waals surface area contributed by atoms with E-state index in [1.165, 1.54) is 0 Å². The molecule has 3 nitrogen and oxygen atoms in total. The molecule has 0 aromatic rings. The molecule has 2 N–H and O–H groups in total. The lowest BCUT2D eigenvalue weighted by molar-refractivity contribution is -0.947. The minimum absolute atomic E-state index is 0.281. The molecule has 0 aliphatic heterocycles. The minimum atomic E-state index is 0.281. The predicted molar refractivity (Wildman–Crippen MR) is 77.5 cm³/mol. The van der Waals surface area contributed by atoms with Gasteiger partial charge in [-0.25, -0.2) is 0 Å². The van der Waals surface area contributed by atoms with Gasteiger partial charge in [0.25, 0.3) is 0 Å². The normalized spacial score (nSPS) is 15.7. The van der Waals surface area contributed by atoms with Crippen LogP contribution in [0, 0.1) is 5.92 Å². The van der Waals surface area contributed by atoms with Crippen LogP contribution < -0.4 is 0 Å². The Kier molecular flexibility index (Phi) is 9.70. The fourth-order valence-electron chi connectivity index (χ4n) is 3.14. The zero-order valence-corrected chi connectivity index (χ0v) is 12.9. The van der Waals surface area contributed by atoms with Gasteiger partial charge in [0.05, 0.1) is 25.7 Å². The Morgan fingerprint density at radius 2 is 1.50 bits per heavy atom. The number of nitrogens with zero attached hydrogens (tertiary/aromatic N) is 1. The quantitative estimate of drug-likeness (QED) is 0.560. The maximum atomic E-state index is 9.43. The van der Waals surface area contributed by atoms with Gasteiger partial charge in [-0.1, -0.05) is 13.3 Å². The molecule has 2 unspecified atom stereocenters. The summed E-state index contributed by atoms with van der Waals surface area (Å²) in [7, 11) is 0. The first-order valence-corrected chi connectivity index (χ1v) is 7.71. The van der Waals surface area contributed by atoms with Crippen molar-refractivity contribution in [2.75, 3.05) is 32.8 Å². The number of aliphatic hydroxyl groups excluding tert-OH is 2. The number of aliphatic hydroxyl groups is 2. The summed E-state index contributed by atoms with van der Waals surface area (Å²) >= 11 is 0. The highest BCUT2D eigenvalue weighted by atomic mass is 16.3. The molecule has 0 radical (unpaired) electrons. The van der Waals surface area contributed by atoms with E-state index in [2.05, 4.69) is 27.7 Å². The Bertz CT molecular complexity index is 181. The van der Waals surface area contributed by atoms with Gasteiger partial charge in [-0.05, 0) is 33.1 Å². The van der Waals surface area contributed by atoms with Crippen molar-refractivity contribution in [3.63, 3.8) is 0 Å². The van der Waals surface area contributed by atoms with E-state index in [4.69, 9.17) is 5.11 Å². The molecule has 0 spiro atoms. The Morgan fingerprint density at radius 1 is 0.944 bits per heavy atom. The van der Waals surface area contributed by atoms with Gasteiger partial charge in [-0.2, -0.15) is 0 Å². The van der Waals surface area contributed by atoms with Crippen molar-refractivity contribution in [2.24, 2.45) is 5.92 Å². The van der Waals surface area contributed by atoms with E-state index < -0.39 is 0 Å². The lowest BCUT2D eigenvalue weighted by Crippen LogP contribution is -2.55. The molecule has 0 heterocycles. The third kappa shape index (κ3) is 4.87. The summed E-state index contributed by atoms with van der Waals surface area (Å²) in [4.78, 5) is 0. The molecule has 2 atom stereocenters. The van der Waals surface area contributed by atoms with Gasteiger partial charge in [0.15, 0.2) is 0 Å². The molecule has 110 valence electrons. The summed E-state index contributed by atoms with van der Waals surface area (Å²) in [6.45, 7) is 13.0. The van der Waals surface area contributed by atoms with E-state index in [1.54, 1.807) is 0 Å². The maximum Gasteiger partial charge on any atom is 0.0894 e. The third-order valence-electron chi connectivity index (χ3n) is 4.80. The van der Waals surface area contributed by atoms with Crippen molar-refractivity contribution >= 4 is 0 Å². The average molecular weight is 260 g/mol. The SMILES string of the molecule is CCC(CO)CC(CCCO)[N+](CC)(CC)CC. The van der Waals surface area contributed by atoms with Gasteiger partial charge in [-0.15, -0.1) is 0 Å². The second-order valence-electron chi connectivity index (χ2n) is 5.38. The lowest BCUT2D eigenvalue weighted by Gasteiger charge is -2.44. The molecule has 3 heteroatoms. The third-order valence-corrected chi connectivity index (χ3v) is 4.80. The Balaban J connectivity index is 4.81. The van der Waals surface area contributed by atoms with Crippen LogP contribution in [0.5, 0.6) is 0 Å². The molecule has 18 heavy (non-hydrogen) atoms. The first-order chi connectivity index (χ1) is 8.63. The predicted octanol–water partition coefficient (Wildman–Crippen LogP) is 2.41. The topological polar surface area (TPSA) is 40.5 Å². The molecule has 0 aliphatic rings. The van der Waals surface area contributed by atoms with Crippen LogP contribution in [-0.4, -0.2) is 53.6 Å². The van der Waals surface area contributed by atoms with Crippen molar-refractivity contribution in [1.82, 2.24) is 0 Å². The molecule has 0 fully saturated rings. The van der Waals surface area contributed by atoms with Gasteiger partial charge in [0.1, 0.15) is 0 Å². The Labute approximate surface area is 113 Å². The number of rotatable bonds is 11. The molecule has 0 aromatic heterocycles. The van der Waals surface area contributed by atoms with Gasteiger partial charge < -0.3 is 14.7 Å². The van der Waals surface area contributed by atoms with Crippen molar-refractivity contribution in [2.45, 2.75) is 59.4 Å². The largest absolute Gasteiger partial charge is 0.396 e. The van der Waals surface area contributed by atoms with E-state index in [0.29, 0.717) is 18.6 Å². The molecule has 0 rings (SSSR count). The number of hydrogen-bond acceptors (Lipinski definition) is 2. The molecule has 0 amide bonds. The van der Waals surface area contributed by atoms with Crippen LogP contribution >= 0.6 is 0 Å². The smallest absolute Gasteiger partial charge is 0.0894 e. The summed E-state index contributed by atoms with van der Waals surface area (Å²) in [6, 6.07) is 0.578. The fraction of sp³-hybridized carbons (Fsp3) is 1.00. The van der Waals surface area contributed by atoms with Gasteiger partial charge in [-0.3, -0.25) is 0 Å². The summed E-state index contributed by atoms with van der Waals surface area (Å²) in [5.74, 6) is 0.413. The monoisotopic (exact) mass is 260 g/mol. The highest BCUT2D eigenvalue weighted by Crippen LogP contribution is 2.25. The van der Waals surface area contributed by atoms with Crippen LogP contribution in [0.4, 0.5) is 0 Å². The van der Waals surface area contributed by atoms with Crippen molar-refractivity contribution in [1.29, 1.82) is 0 Å². The van der Waals surface area contributed by atoms with E-state index in [0.717, 1.165) is 49.8 Å². The first kappa shape index (κ1) is 17.9. The first-order valence-electron chi connectivity index (χ1n) is 7.71.